The molecule has 0 aliphatic carbocycles. The van der Waals surface area contributed by atoms with Gasteiger partial charge in [-0.2, -0.15) is 4.31 Å². The Morgan fingerprint density at radius 2 is 2.20 bits per heavy atom. The first-order valence-corrected chi connectivity index (χ1v) is 6.64. The van der Waals surface area contributed by atoms with Crippen LogP contribution in [0, 0.1) is 6.92 Å². The molecule has 2 rings (SSSR count). The Hall–Kier alpha value is -0.880. The molecule has 0 fully saturated rings. The normalized spacial score (nSPS) is 17.7. The van der Waals surface area contributed by atoms with Crippen LogP contribution in [0.25, 0.3) is 0 Å². The van der Waals surface area contributed by atoms with E-state index < -0.39 is 10.0 Å². The van der Waals surface area contributed by atoms with E-state index in [1.165, 1.54) is 4.31 Å². The maximum atomic E-state index is 11.7. The Morgan fingerprint density at radius 3 is 2.87 bits per heavy atom. The third-order valence-corrected chi connectivity index (χ3v) is 4.47. The van der Waals surface area contributed by atoms with Crippen LogP contribution in [0.2, 0.25) is 0 Å². The molecule has 84 valence electrons. The third-order valence-electron chi connectivity index (χ3n) is 2.65. The van der Waals surface area contributed by atoms with Crippen LogP contribution in [0.4, 0.5) is 0 Å². The molecule has 1 aromatic rings. The smallest absolute Gasteiger partial charge is 0.214 e. The van der Waals surface area contributed by atoms with Gasteiger partial charge in [-0.3, -0.25) is 0 Å². The van der Waals surface area contributed by atoms with Gasteiger partial charge in [-0.1, -0.05) is 0 Å². The minimum absolute atomic E-state index is 0.159. The van der Waals surface area contributed by atoms with E-state index in [2.05, 4.69) is 4.98 Å². The van der Waals surface area contributed by atoms with Crippen molar-refractivity contribution in [1.29, 1.82) is 0 Å². The zero-order chi connectivity index (χ0) is 11.1. The third kappa shape index (κ3) is 1.91. The maximum absolute atomic E-state index is 11.7. The van der Waals surface area contributed by atoms with E-state index in [0.717, 1.165) is 11.5 Å². The van der Waals surface area contributed by atoms with E-state index in [-0.39, 0.29) is 5.75 Å². The predicted octanol–water partition coefficient (Wildman–Crippen LogP) is 0.357. The Morgan fingerprint density at radius 1 is 1.47 bits per heavy atom. The van der Waals surface area contributed by atoms with Crippen molar-refractivity contribution in [3.63, 3.8) is 0 Å². The number of aromatic nitrogens is 2. The zero-order valence-electron chi connectivity index (χ0n) is 8.97. The van der Waals surface area contributed by atoms with E-state index in [1.807, 2.05) is 17.7 Å². The Bertz CT molecular complexity index is 464. The fraction of sp³-hybridized carbons (Fsp3) is 0.667. The topological polar surface area (TPSA) is 55.2 Å². The molecule has 1 aromatic heterocycles. The summed E-state index contributed by atoms with van der Waals surface area (Å²) in [7, 11) is -3.07. The van der Waals surface area contributed by atoms with Gasteiger partial charge < -0.3 is 4.57 Å². The van der Waals surface area contributed by atoms with Gasteiger partial charge in [-0.05, 0) is 13.8 Å². The molecule has 0 radical (unpaired) electrons. The molecule has 0 bridgehead atoms. The highest BCUT2D eigenvalue weighted by Gasteiger charge is 2.25. The van der Waals surface area contributed by atoms with E-state index in [0.29, 0.717) is 19.6 Å². The summed E-state index contributed by atoms with van der Waals surface area (Å²) in [5, 5.41) is 0. The number of fused-ring (bicyclic) bond motifs is 1. The number of imidazole rings is 1. The van der Waals surface area contributed by atoms with Crippen molar-refractivity contribution in [3.05, 3.63) is 17.7 Å². The molecular formula is C9H15N3O2S. The fourth-order valence-corrected chi connectivity index (χ4v) is 2.83. The second-order valence-electron chi connectivity index (χ2n) is 3.73. The van der Waals surface area contributed by atoms with E-state index in [1.54, 1.807) is 6.92 Å². The van der Waals surface area contributed by atoms with Crippen molar-refractivity contribution in [2.24, 2.45) is 0 Å². The number of rotatable bonds is 2. The molecule has 0 atom stereocenters. The molecule has 2 heterocycles. The van der Waals surface area contributed by atoms with Crippen molar-refractivity contribution in [2.75, 3.05) is 12.3 Å². The lowest BCUT2D eigenvalue weighted by atomic mass is 10.4. The first-order chi connectivity index (χ1) is 7.03. The number of nitrogens with zero attached hydrogens (tertiary/aromatic N) is 3. The highest BCUT2D eigenvalue weighted by atomic mass is 32.2. The quantitative estimate of drug-likeness (QED) is 0.735. The van der Waals surface area contributed by atoms with Crippen LogP contribution in [0.3, 0.4) is 0 Å². The lowest BCUT2D eigenvalue weighted by molar-refractivity contribution is 0.336. The molecule has 0 spiro atoms. The van der Waals surface area contributed by atoms with Gasteiger partial charge in [0.05, 0.1) is 18.0 Å². The Kier molecular flexibility index (Phi) is 2.56. The fourth-order valence-electron chi connectivity index (χ4n) is 1.79. The van der Waals surface area contributed by atoms with Crippen LogP contribution in [0.5, 0.6) is 0 Å². The van der Waals surface area contributed by atoms with E-state index in [9.17, 15) is 8.42 Å². The van der Waals surface area contributed by atoms with Crippen molar-refractivity contribution >= 4 is 10.0 Å². The number of hydrogen-bond donors (Lipinski definition) is 0. The van der Waals surface area contributed by atoms with Gasteiger partial charge >= 0.3 is 0 Å². The van der Waals surface area contributed by atoms with Gasteiger partial charge in [0.25, 0.3) is 0 Å². The van der Waals surface area contributed by atoms with Crippen LogP contribution >= 0.6 is 0 Å². The molecule has 0 unspecified atom stereocenters. The monoisotopic (exact) mass is 229 g/mol. The minimum atomic E-state index is -3.07. The van der Waals surface area contributed by atoms with Crippen LogP contribution in [0.1, 0.15) is 18.4 Å². The van der Waals surface area contributed by atoms with Gasteiger partial charge in [0.1, 0.15) is 5.82 Å². The molecule has 0 saturated heterocycles. The van der Waals surface area contributed by atoms with Crippen LogP contribution in [-0.2, 0) is 23.1 Å². The Labute approximate surface area is 89.8 Å². The first kappa shape index (κ1) is 10.6. The maximum Gasteiger partial charge on any atom is 0.214 e. The van der Waals surface area contributed by atoms with Gasteiger partial charge in [-0.25, -0.2) is 13.4 Å². The van der Waals surface area contributed by atoms with Crippen molar-refractivity contribution in [1.82, 2.24) is 13.9 Å². The van der Waals surface area contributed by atoms with E-state index >= 15 is 0 Å². The minimum Gasteiger partial charge on any atom is -0.332 e. The van der Waals surface area contributed by atoms with Crippen LogP contribution in [0.15, 0.2) is 6.20 Å². The van der Waals surface area contributed by atoms with Gasteiger partial charge in [0.2, 0.25) is 10.0 Å². The first-order valence-electron chi connectivity index (χ1n) is 5.03. The summed E-state index contributed by atoms with van der Waals surface area (Å²) in [6.45, 7) is 5.25. The van der Waals surface area contributed by atoms with Gasteiger partial charge in [0.15, 0.2) is 0 Å². The van der Waals surface area contributed by atoms with Crippen LogP contribution < -0.4 is 0 Å². The van der Waals surface area contributed by atoms with Crippen molar-refractivity contribution in [2.45, 2.75) is 26.9 Å². The summed E-state index contributed by atoms with van der Waals surface area (Å²) >= 11 is 0. The van der Waals surface area contributed by atoms with Gasteiger partial charge in [0, 0.05) is 19.3 Å². The molecule has 0 saturated carbocycles. The average Bonchev–Trinajstić information content (AvgIpc) is 2.56. The number of sulfonamides is 1. The lowest BCUT2D eigenvalue weighted by Crippen LogP contribution is -2.39. The molecule has 0 N–H and O–H groups in total. The molecule has 1 aliphatic heterocycles. The summed E-state index contributed by atoms with van der Waals surface area (Å²) in [5.41, 5.74) is 0.945. The summed E-state index contributed by atoms with van der Waals surface area (Å²) < 4.78 is 26.9. The largest absolute Gasteiger partial charge is 0.332 e. The SMILES string of the molecule is CCS(=O)(=O)N1CCn2cc(C)nc2C1. The van der Waals surface area contributed by atoms with Gasteiger partial charge in [-0.15, -0.1) is 0 Å². The molecule has 6 heteroatoms. The summed E-state index contributed by atoms with van der Waals surface area (Å²) in [6.07, 6.45) is 1.96. The van der Waals surface area contributed by atoms with Crippen molar-refractivity contribution in [3.8, 4) is 0 Å². The lowest BCUT2D eigenvalue weighted by Gasteiger charge is -2.26. The second kappa shape index (κ2) is 3.61. The summed E-state index contributed by atoms with van der Waals surface area (Å²) in [5.74, 6) is 1.00. The number of hydrogen-bond acceptors (Lipinski definition) is 3. The average molecular weight is 229 g/mol. The van der Waals surface area contributed by atoms with Crippen LogP contribution in [-0.4, -0.2) is 34.6 Å². The standard InChI is InChI=1S/C9H15N3O2S/c1-3-15(13,14)12-5-4-11-6-8(2)10-9(11)7-12/h6H,3-5,7H2,1-2H3. The summed E-state index contributed by atoms with van der Waals surface area (Å²) in [6, 6.07) is 0. The summed E-state index contributed by atoms with van der Waals surface area (Å²) in [4.78, 5) is 4.31. The molecule has 1 aliphatic rings. The molecule has 0 amide bonds. The second-order valence-corrected chi connectivity index (χ2v) is 5.98. The number of aryl methyl sites for hydroxylation is 1. The Balaban J connectivity index is 2.26. The van der Waals surface area contributed by atoms with E-state index in [4.69, 9.17) is 0 Å². The zero-order valence-corrected chi connectivity index (χ0v) is 9.79. The highest BCUT2D eigenvalue weighted by Crippen LogP contribution is 2.15. The molecule has 5 nitrogen and oxygen atoms in total. The molecule has 0 aromatic carbocycles. The highest BCUT2D eigenvalue weighted by molar-refractivity contribution is 7.89. The molecular weight excluding hydrogens is 214 g/mol. The molecule has 15 heavy (non-hydrogen) atoms. The van der Waals surface area contributed by atoms with Crippen molar-refractivity contribution < 1.29 is 8.42 Å². The predicted molar refractivity (Wildman–Crippen MR) is 56.8 cm³/mol.